The highest BCUT2D eigenvalue weighted by Gasteiger charge is 2.11. The van der Waals surface area contributed by atoms with E-state index in [9.17, 15) is 5.11 Å². The third kappa shape index (κ3) is 3.44. The number of hydrogen-bond donors (Lipinski definition) is 2. The van der Waals surface area contributed by atoms with E-state index in [-0.39, 0.29) is 13.2 Å². The van der Waals surface area contributed by atoms with Crippen LogP contribution in [0.4, 0.5) is 5.82 Å². The Morgan fingerprint density at radius 2 is 2.19 bits per heavy atom. The summed E-state index contributed by atoms with van der Waals surface area (Å²) in [7, 11) is 1.63. The minimum atomic E-state index is -0.0575. The lowest BCUT2D eigenvalue weighted by molar-refractivity contribution is 0.202. The van der Waals surface area contributed by atoms with Gasteiger partial charge in [0.1, 0.15) is 5.82 Å². The first-order valence-corrected chi connectivity index (χ1v) is 5.23. The van der Waals surface area contributed by atoms with Crippen LogP contribution in [0, 0.1) is 0 Å². The third-order valence-corrected chi connectivity index (χ3v) is 2.27. The molecule has 5 nitrogen and oxygen atoms in total. The van der Waals surface area contributed by atoms with Crippen molar-refractivity contribution in [3.8, 4) is 0 Å². The van der Waals surface area contributed by atoms with Crippen LogP contribution in [0.3, 0.4) is 0 Å². The molecule has 0 radical (unpaired) electrons. The SMILES string of the molecule is COCCN(CCO)c1ncccc1CO. The average molecular weight is 226 g/mol. The Hall–Kier alpha value is -1.17. The number of anilines is 1. The predicted octanol–water partition coefficient (Wildman–Crippen LogP) is 0.0190. The molecule has 0 amide bonds. The molecule has 0 aliphatic rings. The molecular formula is C11H18N2O3. The molecule has 16 heavy (non-hydrogen) atoms. The molecule has 0 saturated carbocycles. The van der Waals surface area contributed by atoms with E-state index in [0.717, 1.165) is 5.56 Å². The lowest BCUT2D eigenvalue weighted by Gasteiger charge is -2.24. The summed E-state index contributed by atoms with van der Waals surface area (Å²) in [5.41, 5.74) is 0.757. The van der Waals surface area contributed by atoms with Crippen molar-refractivity contribution in [1.29, 1.82) is 0 Å². The zero-order chi connectivity index (χ0) is 11.8. The summed E-state index contributed by atoms with van der Waals surface area (Å²) >= 11 is 0. The van der Waals surface area contributed by atoms with Gasteiger partial charge < -0.3 is 19.8 Å². The highest BCUT2D eigenvalue weighted by Crippen LogP contribution is 2.16. The lowest BCUT2D eigenvalue weighted by Crippen LogP contribution is -2.31. The maximum Gasteiger partial charge on any atom is 0.134 e. The number of pyridine rings is 1. The normalized spacial score (nSPS) is 10.4. The Morgan fingerprint density at radius 1 is 1.38 bits per heavy atom. The van der Waals surface area contributed by atoms with Crippen LogP contribution in [0.1, 0.15) is 5.56 Å². The van der Waals surface area contributed by atoms with Gasteiger partial charge >= 0.3 is 0 Å². The molecule has 0 fully saturated rings. The highest BCUT2D eigenvalue weighted by atomic mass is 16.5. The number of aliphatic hydroxyl groups is 2. The molecule has 0 aliphatic carbocycles. The third-order valence-electron chi connectivity index (χ3n) is 2.27. The molecule has 1 rings (SSSR count). The van der Waals surface area contributed by atoms with Crippen LogP contribution in [0.15, 0.2) is 18.3 Å². The Morgan fingerprint density at radius 3 is 2.81 bits per heavy atom. The summed E-state index contributed by atoms with van der Waals surface area (Å²) in [4.78, 5) is 6.12. The van der Waals surface area contributed by atoms with Crippen LogP contribution in [0.2, 0.25) is 0 Å². The van der Waals surface area contributed by atoms with Gasteiger partial charge in [-0.15, -0.1) is 0 Å². The first-order valence-electron chi connectivity index (χ1n) is 5.23. The number of nitrogens with zero attached hydrogens (tertiary/aromatic N) is 2. The van der Waals surface area contributed by atoms with Crippen molar-refractivity contribution in [2.75, 3.05) is 38.3 Å². The highest BCUT2D eigenvalue weighted by molar-refractivity contribution is 5.46. The molecule has 5 heteroatoms. The van der Waals surface area contributed by atoms with E-state index < -0.39 is 0 Å². The number of aliphatic hydroxyl groups excluding tert-OH is 2. The average Bonchev–Trinajstić information content (AvgIpc) is 2.34. The lowest BCUT2D eigenvalue weighted by atomic mass is 10.2. The fourth-order valence-electron chi connectivity index (χ4n) is 1.48. The van der Waals surface area contributed by atoms with Crippen LogP contribution in [0.25, 0.3) is 0 Å². The molecule has 1 heterocycles. The minimum Gasteiger partial charge on any atom is -0.395 e. The van der Waals surface area contributed by atoms with Crippen molar-refractivity contribution in [3.63, 3.8) is 0 Å². The van der Waals surface area contributed by atoms with Crippen molar-refractivity contribution >= 4 is 5.82 Å². The zero-order valence-corrected chi connectivity index (χ0v) is 9.46. The molecular weight excluding hydrogens is 208 g/mol. The van der Waals surface area contributed by atoms with Crippen molar-refractivity contribution in [2.24, 2.45) is 0 Å². The van der Waals surface area contributed by atoms with E-state index in [1.165, 1.54) is 0 Å². The second-order valence-electron chi connectivity index (χ2n) is 3.35. The summed E-state index contributed by atoms with van der Waals surface area (Å²) in [5.74, 6) is 0.705. The summed E-state index contributed by atoms with van der Waals surface area (Å²) in [6, 6.07) is 3.60. The number of hydrogen-bond acceptors (Lipinski definition) is 5. The van der Waals surface area contributed by atoms with E-state index in [1.807, 2.05) is 11.0 Å². The fraction of sp³-hybridized carbons (Fsp3) is 0.545. The molecule has 1 aromatic rings. The number of methoxy groups -OCH3 is 1. The van der Waals surface area contributed by atoms with Gasteiger partial charge in [-0.3, -0.25) is 0 Å². The Labute approximate surface area is 95.3 Å². The van der Waals surface area contributed by atoms with Crippen LogP contribution in [0.5, 0.6) is 0 Å². The van der Waals surface area contributed by atoms with Gasteiger partial charge in [0.05, 0.1) is 19.8 Å². The van der Waals surface area contributed by atoms with Crippen LogP contribution < -0.4 is 4.90 Å². The molecule has 90 valence electrons. The largest absolute Gasteiger partial charge is 0.395 e. The second kappa shape index (κ2) is 7.16. The molecule has 0 atom stereocenters. The smallest absolute Gasteiger partial charge is 0.134 e. The van der Waals surface area contributed by atoms with Crippen molar-refractivity contribution in [1.82, 2.24) is 4.98 Å². The molecule has 0 aliphatic heterocycles. The first kappa shape index (κ1) is 12.9. The van der Waals surface area contributed by atoms with E-state index in [2.05, 4.69) is 4.98 Å². The predicted molar refractivity (Wildman–Crippen MR) is 61.3 cm³/mol. The molecule has 0 bridgehead atoms. The standard InChI is InChI=1S/C11H18N2O3/c1-16-8-6-13(5-7-14)11-10(9-15)3-2-4-12-11/h2-4,14-15H,5-9H2,1H3. The van der Waals surface area contributed by atoms with Crippen molar-refractivity contribution in [2.45, 2.75) is 6.61 Å². The second-order valence-corrected chi connectivity index (χ2v) is 3.35. The summed E-state index contributed by atoms with van der Waals surface area (Å²) < 4.78 is 5.00. The van der Waals surface area contributed by atoms with E-state index in [1.54, 1.807) is 19.4 Å². The molecule has 0 saturated heterocycles. The summed E-state index contributed by atoms with van der Waals surface area (Å²) in [6.07, 6.45) is 1.67. The molecule has 2 N–H and O–H groups in total. The van der Waals surface area contributed by atoms with Crippen molar-refractivity contribution in [3.05, 3.63) is 23.9 Å². The van der Waals surface area contributed by atoms with Gasteiger partial charge in [-0.25, -0.2) is 4.98 Å². The summed E-state index contributed by atoms with van der Waals surface area (Å²) in [6.45, 7) is 1.67. The Balaban J connectivity index is 2.81. The van der Waals surface area contributed by atoms with Crippen molar-refractivity contribution < 1.29 is 14.9 Å². The Bertz CT molecular complexity index is 307. The minimum absolute atomic E-state index is 0.0468. The molecule has 0 unspecified atom stereocenters. The van der Waals surface area contributed by atoms with Crippen LogP contribution >= 0.6 is 0 Å². The quantitative estimate of drug-likeness (QED) is 0.686. The molecule has 0 aromatic carbocycles. The molecule has 0 spiro atoms. The topological polar surface area (TPSA) is 65.8 Å². The van der Waals surface area contributed by atoms with Crippen LogP contribution in [-0.4, -0.2) is 48.6 Å². The first-order chi connectivity index (χ1) is 7.83. The maximum absolute atomic E-state index is 9.20. The van der Waals surface area contributed by atoms with E-state index in [0.29, 0.717) is 25.5 Å². The van der Waals surface area contributed by atoms with Gasteiger partial charge in [0.25, 0.3) is 0 Å². The van der Waals surface area contributed by atoms with Gasteiger partial charge in [0, 0.05) is 32.0 Å². The summed E-state index contributed by atoms with van der Waals surface area (Å²) in [5, 5.41) is 18.2. The number of aromatic nitrogens is 1. The van der Waals surface area contributed by atoms with E-state index in [4.69, 9.17) is 9.84 Å². The van der Waals surface area contributed by atoms with Gasteiger partial charge in [0.15, 0.2) is 0 Å². The maximum atomic E-state index is 9.20. The molecule has 1 aromatic heterocycles. The van der Waals surface area contributed by atoms with Gasteiger partial charge in [-0.05, 0) is 6.07 Å². The number of ether oxygens (including phenoxy) is 1. The van der Waals surface area contributed by atoms with Gasteiger partial charge in [0.2, 0.25) is 0 Å². The monoisotopic (exact) mass is 226 g/mol. The van der Waals surface area contributed by atoms with Gasteiger partial charge in [-0.2, -0.15) is 0 Å². The van der Waals surface area contributed by atoms with Crippen LogP contribution in [-0.2, 0) is 11.3 Å². The fourth-order valence-corrected chi connectivity index (χ4v) is 1.48. The van der Waals surface area contributed by atoms with E-state index >= 15 is 0 Å². The zero-order valence-electron chi connectivity index (χ0n) is 9.46. The number of rotatable bonds is 7. The van der Waals surface area contributed by atoms with Gasteiger partial charge in [-0.1, -0.05) is 6.07 Å². The Kier molecular flexibility index (Phi) is 5.77.